The Morgan fingerprint density at radius 3 is 2.94 bits per heavy atom. The van der Waals surface area contributed by atoms with Crippen molar-refractivity contribution in [2.75, 3.05) is 5.73 Å². The zero-order valence-corrected chi connectivity index (χ0v) is 8.97. The number of carbonyl (C=O) groups is 1. The van der Waals surface area contributed by atoms with Gasteiger partial charge in [-0.2, -0.15) is 10.2 Å². The third-order valence-corrected chi connectivity index (χ3v) is 2.34. The number of aromatic amines is 1. The summed E-state index contributed by atoms with van der Waals surface area (Å²) in [5, 5.41) is 10.4. The lowest BCUT2D eigenvalue weighted by Gasteiger charge is -1.96. The van der Waals surface area contributed by atoms with Crippen molar-refractivity contribution in [2.45, 2.75) is 19.9 Å². The summed E-state index contributed by atoms with van der Waals surface area (Å²) in [6.07, 6.45) is 5.29. The maximum atomic E-state index is 11.8. The van der Waals surface area contributed by atoms with E-state index in [2.05, 4.69) is 15.3 Å². The SMILES string of the molecule is CCn1cc(CC(=O)c2cn[nH]c2N)cn1. The molecule has 2 heterocycles. The Morgan fingerprint density at radius 1 is 1.56 bits per heavy atom. The van der Waals surface area contributed by atoms with E-state index in [1.165, 1.54) is 6.20 Å². The van der Waals surface area contributed by atoms with Crippen molar-refractivity contribution in [3.63, 3.8) is 0 Å². The fourth-order valence-electron chi connectivity index (χ4n) is 1.47. The number of carbonyl (C=O) groups excluding carboxylic acids is 1. The zero-order chi connectivity index (χ0) is 11.5. The Bertz CT molecular complexity index is 499. The second-order valence-corrected chi connectivity index (χ2v) is 3.50. The first kappa shape index (κ1) is 10.4. The minimum Gasteiger partial charge on any atom is -0.383 e. The molecule has 0 aliphatic heterocycles. The number of Topliss-reactive ketones (excluding diaryl/α,β-unsaturated/α-hetero) is 1. The van der Waals surface area contributed by atoms with Gasteiger partial charge in [0.15, 0.2) is 5.78 Å². The van der Waals surface area contributed by atoms with E-state index in [0.29, 0.717) is 17.8 Å². The van der Waals surface area contributed by atoms with Gasteiger partial charge in [-0.25, -0.2) is 0 Å². The average Bonchev–Trinajstić information content (AvgIpc) is 2.86. The van der Waals surface area contributed by atoms with Crippen molar-refractivity contribution < 1.29 is 4.79 Å². The van der Waals surface area contributed by atoms with Crippen LogP contribution in [0.3, 0.4) is 0 Å². The second-order valence-electron chi connectivity index (χ2n) is 3.50. The molecule has 0 aromatic carbocycles. The second kappa shape index (κ2) is 4.18. The third kappa shape index (κ3) is 1.95. The lowest BCUT2D eigenvalue weighted by molar-refractivity contribution is 0.0994. The standard InChI is InChI=1S/C10H13N5O/c1-2-15-6-7(4-13-15)3-9(16)8-5-12-14-10(8)11/h4-6H,2-3H2,1H3,(H3,11,12,14). The van der Waals surface area contributed by atoms with Crippen LogP contribution in [0.2, 0.25) is 0 Å². The first-order valence-corrected chi connectivity index (χ1v) is 5.04. The van der Waals surface area contributed by atoms with E-state index in [9.17, 15) is 4.79 Å². The molecule has 2 aromatic heterocycles. The fraction of sp³-hybridized carbons (Fsp3) is 0.300. The van der Waals surface area contributed by atoms with Crippen LogP contribution in [0.1, 0.15) is 22.8 Å². The molecular formula is C10H13N5O. The minimum absolute atomic E-state index is 0.0538. The van der Waals surface area contributed by atoms with Crippen molar-refractivity contribution in [3.05, 3.63) is 29.7 Å². The van der Waals surface area contributed by atoms with Gasteiger partial charge in [-0.3, -0.25) is 14.6 Å². The number of ketones is 1. The summed E-state index contributed by atoms with van der Waals surface area (Å²) in [6.45, 7) is 2.79. The monoisotopic (exact) mass is 219 g/mol. The van der Waals surface area contributed by atoms with Gasteiger partial charge in [0.2, 0.25) is 0 Å². The molecule has 2 rings (SSSR count). The molecule has 6 nitrogen and oxygen atoms in total. The maximum absolute atomic E-state index is 11.8. The number of hydrogen-bond acceptors (Lipinski definition) is 4. The van der Waals surface area contributed by atoms with Crippen molar-refractivity contribution >= 4 is 11.6 Å². The van der Waals surface area contributed by atoms with Gasteiger partial charge >= 0.3 is 0 Å². The first-order chi connectivity index (χ1) is 7.70. The lowest BCUT2D eigenvalue weighted by Crippen LogP contribution is -2.05. The lowest BCUT2D eigenvalue weighted by atomic mass is 10.1. The van der Waals surface area contributed by atoms with Crippen molar-refractivity contribution in [1.82, 2.24) is 20.0 Å². The molecule has 84 valence electrons. The predicted octanol–water partition coefficient (Wildman–Crippen LogP) is 0.634. The van der Waals surface area contributed by atoms with Gasteiger partial charge in [0.25, 0.3) is 0 Å². The highest BCUT2D eigenvalue weighted by Crippen LogP contribution is 2.11. The van der Waals surface area contributed by atoms with Gasteiger partial charge in [0, 0.05) is 19.2 Å². The number of hydrogen-bond donors (Lipinski definition) is 2. The van der Waals surface area contributed by atoms with Crippen molar-refractivity contribution in [1.29, 1.82) is 0 Å². The molecule has 0 spiro atoms. The van der Waals surface area contributed by atoms with Crippen LogP contribution in [-0.2, 0) is 13.0 Å². The zero-order valence-electron chi connectivity index (χ0n) is 8.97. The molecular weight excluding hydrogens is 206 g/mol. The molecule has 6 heteroatoms. The van der Waals surface area contributed by atoms with Gasteiger partial charge in [0.1, 0.15) is 5.82 Å². The van der Waals surface area contributed by atoms with Crippen LogP contribution in [0.4, 0.5) is 5.82 Å². The molecule has 0 aliphatic rings. The molecule has 0 atom stereocenters. The molecule has 2 aromatic rings. The van der Waals surface area contributed by atoms with Crippen LogP contribution < -0.4 is 5.73 Å². The van der Waals surface area contributed by atoms with E-state index in [1.807, 2.05) is 13.1 Å². The molecule has 0 bridgehead atoms. The molecule has 0 saturated heterocycles. The number of nitrogens with one attached hydrogen (secondary N) is 1. The van der Waals surface area contributed by atoms with Crippen LogP contribution in [0.5, 0.6) is 0 Å². The number of rotatable bonds is 4. The number of nitrogens with two attached hydrogens (primary N) is 1. The van der Waals surface area contributed by atoms with Crippen molar-refractivity contribution in [3.8, 4) is 0 Å². The van der Waals surface area contributed by atoms with Crippen LogP contribution in [0.15, 0.2) is 18.6 Å². The van der Waals surface area contributed by atoms with Gasteiger partial charge in [-0.15, -0.1) is 0 Å². The first-order valence-electron chi connectivity index (χ1n) is 5.04. The summed E-state index contributed by atoms with van der Waals surface area (Å²) in [6, 6.07) is 0. The number of H-pyrrole nitrogens is 1. The van der Waals surface area contributed by atoms with E-state index in [4.69, 9.17) is 5.73 Å². The number of aryl methyl sites for hydroxylation is 1. The average molecular weight is 219 g/mol. The highest BCUT2D eigenvalue weighted by atomic mass is 16.1. The predicted molar refractivity (Wildman–Crippen MR) is 58.9 cm³/mol. The van der Waals surface area contributed by atoms with Gasteiger partial charge in [-0.05, 0) is 12.5 Å². The number of aromatic nitrogens is 4. The van der Waals surface area contributed by atoms with Crippen LogP contribution in [0.25, 0.3) is 0 Å². The van der Waals surface area contributed by atoms with E-state index < -0.39 is 0 Å². The van der Waals surface area contributed by atoms with E-state index in [1.54, 1.807) is 10.9 Å². The third-order valence-electron chi connectivity index (χ3n) is 2.34. The number of anilines is 1. The molecule has 0 fully saturated rings. The Kier molecular flexibility index (Phi) is 2.72. The van der Waals surface area contributed by atoms with Crippen LogP contribution in [0, 0.1) is 0 Å². The van der Waals surface area contributed by atoms with E-state index >= 15 is 0 Å². The quantitative estimate of drug-likeness (QED) is 0.738. The Balaban J connectivity index is 2.11. The van der Waals surface area contributed by atoms with Crippen LogP contribution >= 0.6 is 0 Å². The van der Waals surface area contributed by atoms with Gasteiger partial charge < -0.3 is 5.73 Å². The van der Waals surface area contributed by atoms with Gasteiger partial charge in [-0.1, -0.05) is 0 Å². The number of nitrogens with zero attached hydrogens (tertiary/aromatic N) is 3. The summed E-state index contributed by atoms with van der Waals surface area (Å²) in [5.74, 6) is 0.259. The fourth-order valence-corrected chi connectivity index (χ4v) is 1.47. The molecule has 0 radical (unpaired) electrons. The summed E-state index contributed by atoms with van der Waals surface area (Å²) >= 11 is 0. The molecule has 3 N–H and O–H groups in total. The Hall–Kier alpha value is -2.11. The largest absolute Gasteiger partial charge is 0.383 e. The Labute approximate surface area is 92.5 Å². The summed E-state index contributed by atoms with van der Waals surface area (Å²) < 4.78 is 1.78. The Morgan fingerprint density at radius 2 is 2.38 bits per heavy atom. The van der Waals surface area contributed by atoms with E-state index in [-0.39, 0.29) is 5.78 Å². The normalized spacial score (nSPS) is 10.6. The number of nitrogen functional groups attached to an aromatic ring is 1. The summed E-state index contributed by atoms with van der Waals surface area (Å²) in [7, 11) is 0. The molecule has 0 unspecified atom stereocenters. The smallest absolute Gasteiger partial charge is 0.172 e. The molecule has 0 saturated carbocycles. The highest BCUT2D eigenvalue weighted by Gasteiger charge is 2.13. The summed E-state index contributed by atoms with van der Waals surface area (Å²) in [5.41, 5.74) is 6.88. The molecule has 0 aliphatic carbocycles. The topological polar surface area (TPSA) is 89.6 Å². The highest BCUT2D eigenvalue weighted by molar-refractivity contribution is 6.00. The van der Waals surface area contributed by atoms with Crippen LogP contribution in [-0.4, -0.2) is 25.8 Å². The minimum atomic E-state index is -0.0538. The summed E-state index contributed by atoms with van der Waals surface area (Å²) in [4.78, 5) is 11.8. The van der Waals surface area contributed by atoms with E-state index in [0.717, 1.165) is 12.1 Å². The van der Waals surface area contributed by atoms with Crippen molar-refractivity contribution in [2.24, 2.45) is 0 Å². The molecule has 16 heavy (non-hydrogen) atoms. The van der Waals surface area contributed by atoms with Gasteiger partial charge in [0.05, 0.1) is 18.0 Å². The maximum Gasteiger partial charge on any atom is 0.172 e. The molecule has 0 amide bonds.